The minimum atomic E-state index is -0.644. The van der Waals surface area contributed by atoms with Gasteiger partial charge in [0.2, 0.25) is 5.91 Å². The second kappa shape index (κ2) is 6.76. The molecule has 5 heteroatoms. The van der Waals surface area contributed by atoms with Crippen molar-refractivity contribution >= 4 is 22.5 Å². The molecule has 0 aliphatic heterocycles. The van der Waals surface area contributed by atoms with E-state index in [-0.39, 0.29) is 5.91 Å². The average molecular weight is 323 g/mol. The third-order valence-electron chi connectivity index (χ3n) is 4.06. The Labute approximate surface area is 140 Å². The highest BCUT2D eigenvalue weighted by atomic mass is 16.5. The Morgan fingerprint density at radius 1 is 1.29 bits per heavy atom. The number of amides is 1. The fraction of sp³-hybridized carbons (Fsp3) is 0.211. The molecule has 3 rings (SSSR count). The van der Waals surface area contributed by atoms with Crippen LogP contribution in [0, 0.1) is 6.92 Å². The minimum Gasteiger partial charge on any atom is -0.495 e. The summed E-state index contributed by atoms with van der Waals surface area (Å²) in [6.07, 6.45) is 2.37. The van der Waals surface area contributed by atoms with Gasteiger partial charge in [-0.25, -0.2) is 0 Å². The van der Waals surface area contributed by atoms with Gasteiger partial charge >= 0.3 is 0 Å². The number of fused-ring (bicyclic) bond motifs is 1. The lowest BCUT2D eigenvalue weighted by Crippen LogP contribution is -2.37. The number of ether oxygens (including phenoxy) is 1. The van der Waals surface area contributed by atoms with Crippen LogP contribution in [0.2, 0.25) is 0 Å². The fourth-order valence-electron chi connectivity index (χ4n) is 2.78. The van der Waals surface area contributed by atoms with Gasteiger partial charge in [0.05, 0.1) is 18.8 Å². The lowest BCUT2D eigenvalue weighted by molar-refractivity contribution is -0.117. The molecule has 1 amide bonds. The number of aryl methyl sites for hydroxylation is 1. The number of carbonyl (C=O) groups excluding carboxylic acids is 1. The number of hydrogen-bond donors (Lipinski definition) is 3. The summed E-state index contributed by atoms with van der Waals surface area (Å²) in [5, 5.41) is 3.95. The number of nitrogens with two attached hydrogens (primary N) is 1. The Morgan fingerprint density at radius 3 is 2.88 bits per heavy atom. The normalized spacial score (nSPS) is 12.1. The molecule has 0 saturated heterocycles. The van der Waals surface area contributed by atoms with Crippen molar-refractivity contribution in [2.45, 2.75) is 19.4 Å². The monoisotopic (exact) mass is 323 g/mol. The molecule has 1 atom stereocenters. The molecule has 24 heavy (non-hydrogen) atoms. The maximum atomic E-state index is 12.5. The topological polar surface area (TPSA) is 80.1 Å². The van der Waals surface area contributed by atoms with Crippen molar-refractivity contribution in [2.24, 2.45) is 5.73 Å². The number of aromatic nitrogens is 1. The van der Waals surface area contributed by atoms with Crippen LogP contribution in [-0.2, 0) is 11.2 Å². The van der Waals surface area contributed by atoms with E-state index in [0.717, 1.165) is 22.0 Å². The van der Waals surface area contributed by atoms with Gasteiger partial charge in [0.25, 0.3) is 0 Å². The average Bonchev–Trinajstić information content (AvgIpc) is 2.98. The van der Waals surface area contributed by atoms with Crippen molar-refractivity contribution in [1.82, 2.24) is 4.98 Å². The van der Waals surface area contributed by atoms with Gasteiger partial charge in [0, 0.05) is 17.1 Å². The van der Waals surface area contributed by atoms with Crippen molar-refractivity contribution in [3.8, 4) is 5.75 Å². The zero-order valence-corrected chi connectivity index (χ0v) is 13.8. The molecule has 0 aliphatic carbocycles. The first-order valence-electron chi connectivity index (χ1n) is 7.84. The van der Waals surface area contributed by atoms with Crippen LogP contribution in [0.5, 0.6) is 5.75 Å². The van der Waals surface area contributed by atoms with Crippen molar-refractivity contribution in [1.29, 1.82) is 0 Å². The molecule has 0 saturated carbocycles. The molecule has 4 N–H and O–H groups in total. The molecule has 1 heterocycles. The molecule has 1 aromatic heterocycles. The van der Waals surface area contributed by atoms with Gasteiger partial charge in [-0.1, -0.05) is 24.3 Å². The Balaban J connectivity index is 1.74. The zero-order chi connectivity index (χ0) is 17.1. The molecule has 0 spiro atoms. The quantitative estimate of drug-likeness (QED) is 0.675. The van der Waals surface area contributed by atoms with E-state index in [1.807, 2.05) is 55.6 Å². The van der Waals surface area contributed by atoms with Crippen LogP contribution < -0.4 is 15.8 Å². The predicted molar refractivity (Wildman–Crippen MR) is 96.3 cm³/mol. The summed E-state index contributed by atoms with van der Waals surface area (Å²) in [7, 11) is 1.58. The van der Waals surface area contributed by atoms with E-state index in [1.165, 1.54) is 0 Å². The van der Waals surface area contributed by atoms with Crippen LogP contribution >= 0.6 is 0 Å². The number of aromatic amines is 1. The standard InChI is InChI=1S/C19H21N3O2/c1-12-7-8-18(24-2)17(9-12)22-19(23)15(20)10-13-11-21-16-6-4-3-5-14(13)16/h3-9,11,15,21H,10,20H2,1-2H3,(H,22,23). The number of anilines is 1. The second-order valence-electron chi connectivity index (χ2n) is 5.86. The van der Waals surface area contributed by atoms with Crippen LogP contribution in [0.25, 0.3) is 10.9 Å². The Kier molecular flexibility index (Phi) is 4.53. The lowest BCUT2D eigenvalue weighted by atomic mass is 10.0. The van der Waals surface area contributed by atoms with Crippen LogP contribution in [0.15, 0.2) is 48.7 Å². The number of H-pyrrole nitrogens is 1. The summed E-state index contributed by atoms with van der Waals surface area (Å²) in [5.41, 5.74) is 9.86. The molecular formula is C19H21N3O2. The second-order valence-corrected chi connectivity index (χ2v) is 5.86. The van der Waals surface area contributed by atoms with E-state index in [2.05, 4.69) is 10.3 Å². The fourth-order valence-corrected chi connectivity index (χ4v) is 2.78. The molecule has 2 aromatic carbocycles. The largest absolute Gasteiger partial charge is 0.495 e. The van der Waals surface area contributed by atoms with E-state index in [9.17, 15) is 4.79 Å². The van der Waals surface area contributed by atoms with Crippen molar-refractivity contribution in [2.75, 3.05) is 12.4 Å². The number of nitrogens with one attached hydrogen (secondary N) is 2. The number of carbonyl (C=O) groups is 1. The Bertz CT molecular complexity index is 870. The van der Waals surface area contributed by atoms with Gasteiger partial charge in [-0.05, 0) is 42.7 Å². The maximum absolute atomic E-state index is 12.5. The van der Waals surface area contributed by atoms with Crippen LogP contribution in [-0.4, -0.2) is 24.0 Å². The number of para-hydroxylation sites is 1. The summed E-state index contributed by atoms with van der Waals surface area (Å²) >= 11 is 0. The van der Waals surface area contributed by atoms with Gasteiger partial charge in [-0.15, -0.1) is 0 Å². The summed E-state index contributed by atoms with van der Waals surface area (Å²) in [6.45, 7) is 1.96. The van der Waals surface area contributed by atoms with E-state index in [4.69, 9.17) is 10.5 Å². The van der Waals surface area contributed by atoms with Crippen molar-refractivity contribution < 1.29 is 9.53 Å². The van der Waals surface area contributed by atoms with E-state index in [1.54, 1.807) is 7.11 Å². The third-order valence-corrected chi connectivity index (χ3v) is 4.06. The molecule has 0 bridgehead atoms. The van der Waals surface area contributed by atoms with Crippen molar-refractivity contribution in [3.05, 3.63) is 59.8 Å². The molecule has 5 nitrogen and oxygen atoms in total. The molecule has 0 fully saturated rings. The van der Waals surface area contributed by atoms with Gasteiger partial charge in [0.1, 0.15) is 5.75 Å². The molecule has 0 aliphatic rings. The highest BCUT2D eigenvalue weighted by molar-refractivity contribution is 5.96. The number of benzene rings is 2. The smallest absolute Gasteiger partial charge is 0.241 e. The summed E-state index contributed by atoms with van der Waals surface area (Å²) < 4.78 is 5.28. The zero-order valence-electron chi connectivity index (χ0n) is 13.8. The maximum Gasteiger partial charge on any atom is 0.241 e. The number of methoxy groups -OCH3 is 1. The van der Waals surface area contributed by atoms with Crippen LogP contribution in [0.3, 0.4) is 0 Å². The predicted octanol–water partition coefficient (Wildman–Crippen LogP) is 2.99. The van der Waals surface area contributed by atoms with E-state index in [0.29, 0.717) is 17.9 Å². The summed E-state index contributed by atoms with van der Waals surface area (Å²) in [6, 6.07) is 13.0. The molecule has 0 radical (unpaired) electrons. The van der Waals surface area contributed by atoms with Crippen LogP contribution in [0.1, 0.15) is 11.1 Å². The Hall–Kier alpha value is -2.79. The first-order chi connectivity index (χ1) is 11.6. The minimum absolute atomic E-state index is 0.232. The van der Waals surface area contributed by atoms with E-state index >= 15 is 0 Å². The molecule has 3 aromatic rings. The SMILES string of the molecule is COc1ccc(C)cc1NC(=O)C(N)Cc1c[nH]c2ccccc12. The molecule has 1 unspecified atom stereocenters. The van der Waals surface area contributed by atoms with Gasteiger partial charge in [0.15, 0.2) is 0 Å². The molecule has 124 valence electrons. The first-order valence-corrected chi connectivity index (χ1v) is 7.84. The van der Waals surface area contributed by atoms with Gasteiger partial charge in [-0.2, -0.15) is 0 Å². The Morgan fingerprint density at radius 2 is 2.08 bits per heavy atom. The summed E-state index contributed by atoms with van der Waals surface area (Å²) in [4.78, 5) is 15.7. The molecular weight excluding hydrogens is 302 g/mol. The third kappa shape index (κ3) is 3.26. The van der Waals surface area contributed by atoms with Gasteiger partial charge < -0.3 is 20.8 Å². The highest BCUT2D eigenvalue weighted by Gasteiger charge is 2.17. The number of hydrogen-bond acceptors (Lipinski definition) is 3. The van der Waals surface area contributed by atoms with E-state index < -0.39 is 6.04 Å². The van der Waals surface area contributed by atoms with Crippen molar-refractivity contribution in [3.63, 3.8) is 0 Å². The summed E-state index contributed by atoms with van der Waals surface area (Å²) in [5.74, 6) is 0.387. The highest BCUT2D eigenvalue weighted by Crippen LogP contribution is 2.25. The van der Waals surface area contributed by atoms with Gasteiger partial charge in [-0.3, -0.25) is 4.79 Å². The van der Waals surface area contributed by atoms with Crippen LogP contribution in [0.4, 0.5) is 5.69 Å². The first kappa shape index (κ1) is 16.1. The lowest BCUT2D eigenvalue weighted by Gasteiger charge is -2.15. The number of rotatable bonds is 5.